The summed E-state index contributed by atoms with van der Waals surface area (Å²) in [7, 11) is -12.0. The summed E-state index contributed by atoms with van der Waals surface area (Å²) < 4.78 is 22.5. The molecule has 0 aliphatic carbocycles. The minimum atomic E-state index is -4.05. The molecule has 1 heterocycles. The fraction of sp³-hybridized carbons (Fsp3) is 0.636. The van der Waals surface area contributed by atoms with Gasteiger partial charge in [-0.05, 0) is 33.1 Å². The number of carboxylic acid groups (broad SMARTS) is 4. The molecule has 1 fully saturated rings. The lowest BCUT2D eigenvalue weighted by Crippen LogP contribution is -2.67. The summed E-state index contributed by atoms with van der Waals surface area (Å²) in [4.78, 5) is 47.7. The summed E-state index contributed by atoms with van der Waals surface area (Å²) in [5.41, 5.74) is -3.26. The van der Waals surface area contributed by atoms with Crippen molar-refractivity contribution in [3.05, 3.63) is 0 Å². The summed E-state index contributed by atoms with van der Waals surface area (Å²) in [6.07, 6.45) is 0. The summed E-state index contributed by atoms with van der Waals surface area (Å²) in [6.45, 7) is 6.91. The van der Waals surface area contributed by atoms with Crippen LogP contribution in [0, 0.1) is 5.41 Å². The molecular formula is C11H22O12Si4. The van der Waals surface area contributed by atoms with Crippen LogP contribution in [0.5, 0.6) is 0 Å². The lowest BCUT2D eigenvalue weighted by Gasteiger charge is -2.45. The maximum Gasteiger partial charge on any atom is 0.335 e. The Balaban J connectivity index is 3.71. The minimum absolute atomic E-state index is 0.523. The second kappa shape index (κ2) is 7.54. The molecule has 154 valence electrons. The number of rotatable bonds is 6. The van der Waals surface area contributed by atoms with Gasteiger partial charge in [-0.1, -0.05) is 0 Å². The van der Waals surface area contributed by atoms with Crippen molar-refractivity contribution in [3.8, 4) is 0 Å². The van der Waals surface area contributed by atoms with Crippen LogP contribution >= 0.6 is 0 Å². The summed E-state index contributed by atoms with van der Waals surface area (Å²) in [5.74, 6) is -8.62. The Labute approximate surface area is 160 Å². The molecule has 0 radical (unpaired) electrons. The van der Waals surface area contributed by atoms with Gasteiger partial charge >= 0.3 is 50.3 Å². The van der Waals surface area contributed by atoms with E-state index in [1.165, 1.54) is 13.1 Å². The molecule has 16 heteroatoms. The second-order valence-electron chi connectivity index (χ2n) is 6.93. The van der Waals surface area contributed by atoms with Gasteiger partial charge in [0.25, 0.3) is 10.0 Å². The van der Waals surface area contributed by atoms with Crippen LogP contribution in [0.3, 0.4) is 0 Å². The molecular weight excluding hydrogens is 436 g/mol. The third-order valence-electron chi connectivity index (χ3n) is 4.18. The minimum Gasteiger partial charge on any atom is -0.480 e. The maximum atomic E-state index is 12.1. The molecule has 0 amide bonds. The molecule has 1 atom stereocenters. The number of aliphatic carboxylic acids is 4. The Bertz CT molecular complexity index is 634. The van der Waals surface area contributed by atoms with Gasteiger partial charge in [-0.2, -0.15) is 0 Å². The van der Waals surface area contributed by atoms with E-state index in [2.05, 4.69) is 0 Å². The van der Waals surface area contributed by atoms with Crippen molar-refractivity contribution in [1.29, 1.82) is 0 Å². The first-order valence-electron chi connectivity index (χ1n) is 7.61. The highest BCUT2D eigenvalue weighted by Gasteiger charge is 2.75. The molecule has 27 heavy (non-hydrogen) atoms. The van der Waals surface area contributed by atoms with E-state index in [9.17, 15) is 39.6 Å². The fourth-order valence-corrected chi connectivity index (χ4v) is 17.2. The zero-order valence-corrected chi connectivity index (χ0v) is 19.9. The molecule has 0 bridgehead atoms. The Kier molecular flexibility index (Phi) is 6.60. The van der Waals surface area contributed by atoms with Gasteiger partial charge in [0.05, 0.1) is 0 Å². The van der Waals surface area contributed by atoms with Crippen LogP contribution < -0.4 is 0 Å². The molecule has 0 aromatic carbocycles. The van der Waals surface area contributed by atoms with Crippen molar-refractivity contribution in [2.75, 3.05) is 0 Å². The van der Waals surface area contributed by atoms with Gasteiger partial charge in [-0.15, -0.1) is 0 Å². The summed E-state index contributed by atoms with van der Waals surface area (Å²) in [5, 5.41) is 35.1. The lowest BCUT2D eigenvalue weighted by molar-refractivity contribution is -0.180. The first-order valence-corrected chi connectivity index (χ1v) is 15.9. The Morgan fingerprint density at radius 2 is 1.30 bits per heavy atom. The monoisotopic (exact) mass is 458 g/mol. The second-order valence-corrected chi connectivity index (χ2v) is 18.5. The molecule has 0 aromatic rings. The standard InChI is InChI=1S/C11H22O12Si4/c1-10(6(12)13,7(14)15)11(8(16)17,9(18)19)25-20-24-21-26(2,3)23-27(4,5)22-25/h25H,24H2,1-5H3,(H,12,13)(H,14,15)(H,16,17)(H,18,19). The largest absolute Gasteiger partial charge is 0.480 e. The molecule has 1 aliphatic heterocycles. The van der Waals surface area contributed by atoms with Crippen LogP contribution in [0.1, 0.15) is 6.92 Å². The van der Waals surface area contributed by atoms with E-state index in [0.717, 1.165) is 0 Å². The number of hydrogen-bond donors (Lipinski definition) is 4. The predicted octanol–water partition coefficient (Wildman–Crippen LogP) is -1.23. The van der Waals surface area contributed by atoms with Gasteiger partial charge < -0.3 is 36.9 Å². The van der Waals surface area contributed by atoms with Crippen molar-refractivity contribution in [1.82, 2.24) is 0 Å². The molecule has 4 N–H and O–H groups in total. The van der Waals surface area contributed by atoms with E-state index in [-0.39, 0.29) is 0 Å². The highest BCUT2D eigenvalue weighted by atomic mass is 28.5. The van der Waals surface area contributed by atoms with Gasteiger partial charge in [0.15, 0.2) is 5.41 Å². The van der Waals surface area contributed by atoms with E-state index < -0.39 is 70.7 Å². The van der Waals surface area contributed by atoms with Gasteiger partial charge in [0.2, 0.25) is 5.04 Å². The molecule has 1 unspecified atom stereocenters. The van der Waals surface area contributed by atoms with E-state index in [1.807, 2.05) is 0 Å². The quantitative estimate of drug-likeness (QED) is 0.275. The van der Waals surface area contributed by atoms with Crippen molar-refractivity contribution in [2.24, 2.45) is 5.41 Å². The molecule has 0 aromatic heterocycles. The van der Waals surface area contributed by atoms with Crippen LogP contribution in [0.25, 0.3) is 0 Å². The number of hydrogen-bond acceptors (Lipinski definition) is 8. The van der Waals surface area contributed by atoms with Crippen LogP contribution in [0.2, 0.25) is 31.2 Å². The molecule has 12 nitrogen and oxygen atoms in total. The topological polar surface area (TPSA) is 186 Å². The Morgan fingerprint density at radius 1 is 0.852 bits per heavy atom. The van der Waals surface area contributed by atoms with Crippen LogP contribution in [-0.4, -0.2) is 80.7 Å². The molecule has 1 aliphatic rings. The summed E-state index contributed by atoms with van der Waals surface area (Å²) in [6, 6.07) is 0. The van der Waals surface area contributed by atoms with Gasteiger partial charge in [-0.3, -0.25) is 19.2 Å². The highest BCUT2D eigenvalue weighted by molar-refractivity contribution is 6.86. The third kappa shape index (κ3) is 4.06. The smallest absolute Gasteiger partial charge is 0.335 e. The van der Waals surface area contributed by atoms with E-state index in [0.29, 0.717) is 6.92 Å². The van der Waals surface area contributed by atoms with Crippen molar-refractivity contribution in [3.63, 3.8) is 0 Å². The predicted molar refractivity (Wildman–Crippen MR) is 96.3 cm³/mol. The molecule has 0 saturated carbocycles. The Hall–Kier alpha value is -1.41. The van der Waals surface area contributed by atoms with E-state index in [4.69, 9.17) is 16.5 Å². The fourth-order valence-electron chi connectivity index (χ4n) is 2.77. The average molecular weight is 459 g/mol. The third-order valence-corrected chi connectivity index (χ3v) is 18.0. The molecule has 1 saturated heterocycles. The van der Waals surface area contributed by atoms with Crippen LogP contribution in [-0.2, 0) is 35.6 Å². The Morgan fingerprint density at radius 3 is 1.67 bits per heavy atom. The van der Waals surface area contributed by atoms with E-state index in [1.54, 1.807) is 13.1 Å². The first kappa shape index (κ1) is 23.6. The zero-order valence-electron chi connectivity index (χ0n) is 15.3. The van der Waals surface area contributed by atoms with Crippen molar-refractivity contribution < 1.29 is 56.1 Å². The number of carboxylic acids is 4. The SMILES string of the molecule is CC(C(=O)O)(C(=O)O)C(C(=O)O)(C(=O)O)[SiH]1O[SiH2]O[Si](C)(C)O[Si](C)(C)O1. The van der Waals surface area contributed by atoms with Crippen LogP contribution in [0.15, 0.2) is 0 Å². The van der Waals surface area contributed by atoms with Crippen LogP contribution in [0.4, 0.5) is 0 Å². The zero-order chi connectivity index (χ0) is 21.4. The summed E-state index contributed by atoms with van der Waals surface area (Å²) >= 11 is 0. The highest BCUT2D eigenvalue weighted by Crippen LogP contribution is 2.51. The van der Waals surface area contributed by atoms with Gasteiger partial charge in [-0.25, -0.2) is 0 Å². The first-order chi connectivity index (χ1) is 12.0. The lowest BCUT2D eigenvalue weighted by atomic mass is 9.75. The van der Waals surface area contributed by atoms with Crippen molar-refractivity contribution in [2.45, 2.75) is 38.2 Å². The van der Waals surface area contributed by atoms with Crippen molar-refractivity contribution >= 4 is 60.3 Å². The maximum absolute atomic E-state index is 12.1. The van der Waals surface area contributed by atoms with Gasteiger partial charge in [0, 0.05) is 0 Å². The average Bonchev–Trinajstić information content (AvgIpc) is 2.42. The number of carbonyl (C=O) groups is 4. The normalized spacial score (nSPS) is 23.8. The molecule has 0 spiro atoms. The van der Waals surface area contributed by atoms with Gasteiger partial charge in [0.1, 0.15) is 0 Å². The molecule has 1 rings (SSSR count). The van der Waals surface area contributed by atoms with E-state index >= 15 is 0 Å².